The van der Waals surface area contributed by atoms with Crippen LogP contribution in [-0.2, 0) is 26.0 Å². The predicted octanol–water partition coefficient (Wildman–Crippen LogP) is 4.95. The van der Waals surface area contributed by atoms with Crippen molar-refractivity contribution in [2.24, 2.45) is 0 Å². The molecular weight excluding hydrogens is 510 g/mol. The summed E-state index contributed by atoms with van der Waals surface area (Å²) in [7, 11) is -4.06. The molecule has 7 nitrogen and oxygen atoms in total. The Bertz CT molecular complexity index is 1310. The molecule has 0 radical (unpaired) electrons. The first-order chi connectivity index (χ1) is 18.7. The van der Waals surface area contributed by atoms with Crippen molar-refractivity contribution in [3.8, 4) is 0 Å². The van der Waals surface area contributed by atoms with Crippen LogP contribution in [0.2, 0.25) is 0 Å². The van der Waals surface area contributed by atoms with Crippen LogP contribution in [0.3, 0.4) is 0 Å². The minimum atomic E-state index is -4.06. The Morgan fingerprint density at radius 1 is 0.846 bits per heavy atom. The van der Waals surface area contributed by atoms with E-state index in [1.807, 2.05) is 58.0 Å². The third kappa shape index (κ3) is 7.93. The lowest BCUT2D eigenvalue weighted by molar-refractivity contribution is -0.139. The summed E-state index contributed by atoms with van der Waals surface area (Å²) < 4.78 is 28.8. The number of nitrogens with zero attached hydrogens (tertiary/aromatic N) is 2. The Morgan fingerprint density at radius 2 is 1.44 bits per heavy atom. The lowest BCUT2D eigenvalue weighted by Gasteiger charge is -2.33. The van der Waals surface area contributed by atoms with Crippen molar-refractivity contribution in [1.29, 1.82) is 0 Å². The number of para-hydroxylation sites is 1. The molecule has 208 valence electrons. The first kappa shape index (κ1) is 29.9. The second-order valence-corrected chi connectivity index (χ2v) is 11.6. The smallest absolute Gasteiger partial charge is 0.264 e. The van der Waals surface area contributed by atoms with Gasteiger partial charge in [0, 0.05) is 12.6 Å². The maximum Gasteiger partial charge on any atom is 0.264 e. The number of hydrogen-bond acceptors (Lipinski definition) is 4. The number of rotatable bonds is 13. The van der Waals surface area contributed by atoms with Crippen molar-refractivity contribution in [1.82, 2.24) is 10.2 Å². The highest BCUT2D eigenvalue weighted by molar-refractivity contribution is 7.92. The Kier molecular flexibility index (Phi) is 10.7. The van der Waals surface area contributed by atoms with Crippen molar-refractivity contribution in [3.05, 3.63) is 96.1 Å². The quantitative estimate of drug-likeness (QED) is 0.327. The van der Waals surface area contributed by atoms with Crippen LogP contribution < -0.4 is 9.62 Å². The third-order valence-corrected chi connectivity index (χ3v) is 8.59. The molecule has 3 aromatic rings. The molecule has 0 aliphatic rings. The van der Waals surface area contributed by atoms with Gasteiger partial charge in [-0.05, 0) is 62.9 Å². The van der Waals surface area contributed by atoms with Crippen LogP contribution in [0.1, 0.15) is 44.7 Å². The first-order valence-electron chi connectivity index (χ1n) is 13.5. The number of hydrogen-bond donors (Lipinski definition) is 1. The highest BCUT2D eigenvalue weighted by Crippen LogP contribution is 2.24. The highest BCUT2D eigenvalue weighted by atomic mass is 32.2. The lowest BCUT2D eigenvalue weighted by Crippen LogP contribution is -2.54. The predicted molar refractivity (Wildman–Crippen MR) is 156 cm³/mol. The average molecular weight is 550 g/mol. The van der Waals surface area contributed by atoms with Gasteiger partial charge in [-0.1, -0.05) is 80.1 Å². The Labute approximate surface area is 232 Å². The van der Waals surface area contributed by atoms with Gasteiger partial charge in [0.05, 0.1) is 10.6 Å². The minimum absolute atomic E-state index is 0.0413. The van der Waals surface area contributed by atoms with E-state index in [4.69, 9.17) is 0 Å². The topological polar surface area (TPSA) is 86.8 Å². The van der Waals surface area contributed by atoms with E-state index in [-0.39, 0.29) is 23.4 Å². The van der Waals surface area contributed by atoms with Gasteiger partial charge in [-0.25, -0.2) is 8.42 Å². The molecule has 2 amide bonds. The van der Waals surface area contributed by atoms with E-state index in [0.29, 0.717) is 18.5 Å². The summed E-state index contributed by atoms with van der Waals surface area (Å²) in [6.07, 6.45) is 1.70. The van der Waals surface area contributed by atoms with Crippen molar-refractivity contribution >= 4 is 27.5 Å². The van der Waals surface area contributed by atoms with E-state index in [1.165, 1.54) is 4.90 Å². The maximum atomic E-state index is 14.0. The van der Waals surface area contributed by atoms with Crippen LogP contribution >= 0.6 is 0 Å². The van der Waals surface area contributed by atoms with E-state index in [1.54, 1.807) is 54.6 Å². The Morgan fingerprint density at radius 3 is 2.00 bits per heavy atom. The van der Waals surface area contributed by atoms with E-state index in [0.717, 1.165) is 21.9 Å². The van der Waals surface area contributed by atoms with Crippen molar-refractivity contribution in [3.63, 3.8) is 0 Å². The molecule has 1 N–H and O–H groups in total. The molecule has 2 atom stereocenters. The average Bonchev–Trinajstić information content (AvgIpc) is 2.94. The zero-order valence-corrected chi connectivity index (χ0v) is 24.0. The number of amides is 2. The van der Waals surface area contributed by atoms with Crippen LogP contribution in [-0.4, -0.2) is 50.3 Å². The Balaban J connectivity index is 1.98. The van der Waals surface area contributed by atoms with Crippen molar-refractivity contribution in [2.75, 3.05) is 17.4 Å². The maximum absolute atomic E-state index is 14.0. The summed E-state index contributed by atoms with van der Waals surface area (Å²) in [5.41, 5.74) is 2.34. The second-order valence-electron chi connectivity index (χ2n) is 9.72. The van der Waals surface area contributed by atoms with Crippen LogP contribution in [0, 0.1) is 6.92 Å². The minimum Gasteiger partial charge on any atom is -0.352 e. The molecule has 0 heterocycles. The fraction of sp³-hybridized carbons (Fsp3) is 0.355. The van der Waals surface area contributed by atoms with E-state index >= 15 is 0 Å². The summed E-state index contributed by atoms with van der Waals surface area (Å²) in [4.78, 5) is 28.9. The summed E-state index contributed by atoms with van der Waals surface area (Å²) in [5.74, 6) is -0.669. The van der Waals surface area contributed by atoms with Gasteiger partial charge in [0.25, 0.3) is 10.0 Å². The summed E-state index contributed by atoms with van der Waals surface area (Å²) in [5, 5.41) is 3.00. The number of nitrogens with one attached hydrogen (secondary N) is 1. The monoisotopic (exact) mass is 549 g/mol. The normalized spacial score (nSPS) is 12.8. The van der Waals surface area contributed by atoms with E-state index < -0.39 is 28.5 Å². The van der Waals surface area contributed by atoms with Crippen LogP contribution in [0.15, 0.2) is 89.8 Å². The number of carbonyl (C=O) groups is 2. The summed E-state index contributed by atoms with van der Waals surface area (Å²) >= 11 is 0. The van der Waals surface area contributed by atoms with Gasteiger partial charge in [0.15, 0.2) is 0 Å². The molecule has 0 unspecified atom stereocenters. The van der Waals surface area contributed by atoms with E-state index in [2.05, 4.69) is 5.32 Å². The van der Waals surface area contributed by atoms with Crippen LogP contribution in [0.4, 0.5) is 5.69 Å². The first-order valence-corrected chi connectivity index (χ1v) is 14.9. The molecule has 3 rings (SSSR count). The van der Waals surface area contributed by atoms with Crippen LogP contribution in [0.25, 0.3) is 0 Å². The molecule has 8 heteroatoms. The molecule has 0 saturated carbocycles. The number of aryl methyl sites for hydroxylation is 1. The van der Waals surface area contributed by atoms with Crippen LogP contribution in [0.5, 0.6) is 0 Å². The number of sulfonamides is 1. The molecule has 0 aromatic heterocycles. The second kappa shape index (κ2) is 13.9. The van der Waals surface area contributed by atoms with Gasteiger partial charge < -0.3 is 10.2 Å². The molecule has 0 aliphatic carbocycles. The standard InChI is InChI=1S/C31H39N3O4S/c1-5-25(4)32-31(36)29(6-2)33(22-21-26-13-9-7-10-14-26)30(35)23-34(27-15-11-8-12-16-27)39(37,38)28-19-17-24(3)18-20-28/h7-20,25,29H,5-6,21-23H2,1-4H3,(H,32,36)/t25-,29+/m0/s1. The zero-order chi connectivity index (χ0) is 28.4. The highest BCUT2D eigenvalue weighted by Gasteiger charge is 2.33. The van der Waals surface area contributed by atoms with Gasteiger partial charge in [-0.3, -0.25) is 13.9 Å². The van der Waals surface area contributed by atoms with Gasteiger partial charge >= 0.3 is 0 Å². The molecular formula is C31H39N3O4S. The number of anilines is 1. The fourth-order valence-electron chi connectivity index (χ4n) is 4.30. The molecule has 0 bridgehead atoms. The SMILES string of the molecule is CC[C@H](C(=O)N[C@@H](C)CC)N(CCc1ccccc1)C(=O)CN(c1ccccc1)S(=O)(=O)c1ccc(C)cc1. The summed E-state index contributed by atoms with van der Waals surface area (Å²) in [6.45, 7) is 7.51. The van der Waals surface area contributed by atoms with Gasteiger partial charge in [0.2, 0.25) is 11.8 Å². The molecule has 0 aliphatic heterocycles. The van der Waals surface area contributed by atoms with Crippen molar-refractivity contribution < 1.29 is 18.0 Å². The fourth-order valence-corrected chi connectivity index (χ4v) is 5.71. The van der Waals surface area contributed by atoms with Gasteiger partial charge in [-0.2, -0.15) is 0 Å². The molecule has 3 aromatic carbocycles. The summed E-state index contributed by atoms with van der Waals surface area (Å²) in [6, 6.07) is 24.1. The molecule has 39 heavy (non-hydrogen) atoms. The largest absolute Gasteiger partial charge is 0.352 e. The lowest BCUT2D eigenvalue weighted by atomic mass is 10.1. The van der Waals surface area contributed by atoms with E-state index in [9.17, 15) is 18.0 Å². The van der Waals surface area contributed by atoms with Gasteiger partial charge in [-0.15, -0.1) is 0 Å². The third-order valence-electron chi connectivity index (χ3n) is 6.80. The van der Waals surface area contributed by atoms with Gasteiger partial charge in [0.1, 0.15) is 12.6 Å². The molecule has 0 saturated heterocycles. The number of benzene rings is 3. The number of carbonyl (C=O) groups excluding carboxylic acids is 2. The molecule has 0 fully saturated rings. The van der Waals surface area contributed by atoms with Crippen molar-refractivity contribution in [2.45, 2.75) is 63.9 Å². The Hall–Kier alpha value is -3.65. The molecule has 0 spiro atoms. The zero-order valence-electron chi connectivity index (χ0n) is 23.2.